The van der Waals surface area contributed by atoms with Gasteiger partial charge in [0, 0.05) is 25.6 Å². The molecule has 0 aliphatic heterocycles. The lowest BCUT2D eigenvalue weighted by molar-refractivity contribution is 0.329. The van der Waals surface area contributed by atoms with E-state index in [9.17, 15) is 0 Å². The maximum atomic E-state index is 4.73. The minimum atomic E-state index is 0. The zero-order chi connectivity index (χ0) is 16.8. The molecule has 1 aromatic heterocycles. The van der Waals surface area contributed by atoms with Gasteiger partial charge in [-0.2, -0.15) is 0 Å². The highest BCUT2D eigenvalue weighted by Gasteiger charge is 2.18. The molecule has 1 aliphatic rings. The van der Waals surface area contributed by atoms with Crippen LogP contribution in [0.1, 0.15) is 45.4 Å². The zero-order valence-corrected chi connectivity index (χ0v) is 17.5. The highest BCUT2D eigenvalue weighted by molar-refractivity contribution is 14.0. The van der Waals surface area contributed by atoms with Crippen LogP contribution in [0.2, 0.25) is 0 Å². The predicted octanol–water partition coefficient (Wildman–Crippen LogP) is 3.86. The minimum Gasteiger partial charge on any atom is -0.357 e. The highest BCUT2D eigenvalue weighted by atomic mass is 127. The molecule has 0 saturated heterocycles. The van der Waals surface area contributed by atoms with Gasteiger partial charge >= 0.3 is 0 Å². The molecule has 0 atom stereocenters. The van der Waals surface area contributed by atoms with E-state index >= 15 is 0 Å². The monoisotopic (exact) mass is 455 g/mol. The molecule has 1 aromatic carbocycles. The standard InChI is InChI=1S/C19H29N5.HI/c1-3-20-19(22-15-10-8-14(2)9-11-15)21-13-12-18-23-16-6-4-5-7-17(16)24-18;/h4-7,14-15H,3,8-13H2,1-2H3,(H,23,24)(H2,20,21,22);1H. The van der Waals surface area contributed by atoms with Gasteiger partial charge < -0.3 is 15.6 Å². The number of benzene rings is 1. The van der Waals surface area contributed by atoms with Crippen molar-refractivity contribution in [3.05, 3.63) is 30.1 Å². The Morgan fingerprint density at radius 3 is 2.72 bits per heavy atom. The van der Waals surface area contributed by atoms with E-state index in [1.807, 2.05) is 18.2 Å². The van der Waals surface area contributed by atoms with Crippen LogP contribution in [-0.4, -0.2) is 35.1 Å². The lowest BCUT2D eigenvalue weighted by Crippen LogP contribution is -2.44. The number of hydrogen-bond acceptors (Lipinski definition) is 2. The van der Waals surface area contributed by atoms with E-state index in [0.29, 0.717) is 6.04 Å². The smallest absolute Gasteiger partial charge is 0.191 e. The van der Waals surface area contributed by atoms with Gasteiger partial charge in [0.15, 0.2) is 5.96 Å². The molecule has 5 nitrogen and oxygen atoms in total. The predicted molar refractivity (Wildman–Crippen MR) is 116 cm³/mol. The number of hydrogen-bond donors (Lipinski definition) is 3. The van der Waals surface area contributed by atoms with Crippen LogP contribution in [0.5, 0.6) is 0 Å². The molecule has 138 valence electrons. The van der Waals surface area contributed by atoms with Gasteiger partial charge in [-0.15, -0.1) is 24.0 Å². The number of H-pyrrole nitrogens is 1. The van der Waals surface area contributed by atoms with E-state index in [2.05, 4.69) is 40.5 Å². The molecule has 0 unspecified atom stereocenters. The van der Waals surface area contributed by atoms with Crippen LogP contribution in [0.3, 0.4) is 0 Å². The Hall–Kier alpha value is -1.31. The Balaban J connectivity index is 0.00000225. The number of imidazole rings is 1. The van der Waals surface area contributed by atoms with E-state index in [-0.39, 0.29) is 24.0 Å². The Morgan fingerprint density at radius 1 is 1.24 bits per heavy atom. The second-order valence-corrected chi connectivity index (χ2v) is 6.81. The van der Waals surface area contributed by atoms with Gasteiger partial charge in [0.25, 0.3) is 0 Å². The summed E-state index contributed by atoms with van der Waals surface area (Å²) in [7, 11) is 0. The first-order valence-corrected chi connectivity index (χ1v) is 9.23. The quantitative estimate of drug-likeness (QED) is 0.365. The van der Waals surface area contributed by atoms with Crippen molar-refractivity contribution in [1.82, 2.24) is 20.6 Å². The molecule has 1 heterocycles. The summed E-state index contributed by atoms with van der Waals surface area (Å²) in [6, 6.07) is 8.70. The number of guanidine groups is 1. The van der Waals surface area contributed by atoms with Crippen LogP contribution in [-0.2, 0) is 6.42 Å². The van der Waals surface area contributed by atoms with Gasteiger partial charge in [-0.25, -0.2) is 4.98 Å². The van der Waals surface area contributed by atoms with E-state index in [0.717, 1.165) is 48.2 Å². The third kappa shape index (κ3) is 5.87. The summed E-state index contributed by atoms with van der Waals surface area (Å²) < 4.78 is 0. The Bertz CT molecular complexity index is 640. The van der Waals surface area contributed by atoms with Gasteiger partial charge in [0.05, 0.1) is 11.0 Å². The first-order valence-electron chi connectivity index (χ1n) is 9.23. The number of aromatic nitrogens is 2. The SMILES string of the molecule is CCNC(=NCCc1nc2ccccc2[nH]1)NC1CCC(C)CC1.I. The molecule has 2 aromatic rings. The fourth-order valence-electron chi connectivity index (χ4n) is 3.32. The van der Waals surface area contributed by atoms with Crippen molar-refractivity contribution in [1.29, 1.82) is 0 Å². The van der Waals surface area contributed by atoms with Crippen molar-refractivity contribution in [2.24, 2.45) is 10.9 Å². The summed E-state index contributed by atoms with van der Waals surface area (Å²) in [5, 5.41) is 6.96. The van der Waals surface area contributed by atoms with Crippen molar-refractivity contribution in [2.75, 3.05) is 13.1 Å². The molecule has 0 amide bonds. The third-order valence-electron chi connectivity index (χ3n) is 4.76. The molecule has 3 rings (SSSR count). The lowest BCUT2D eigenvalue weighted by Gasteiger charge is -2.28. The minimum absolute atomic E-state index is 0. The normalized spacial score (nSPS) is 21.0. The Labute approximate surface area is 167 Å². The zero-order valence-electron chi connectivity index (χ0n) is 15.2. The number of para-hydroxylation sites is 2. The van der Waals surface area contributed by atoms with Crippen molar-refractivity contribution in [3.8, 4) is 0 Å². The van der Waals surface area contributed by atoms with Crippen LogP contribution >= 0.6 is 24.0 Å². The maximum Gasteiger partial charge on any atom is 0.191 e. The number of aliphatic imine (C=N–C) groups is 1. The third-order valence-corrected chi connectivity index (χ3v) is 4.76. The number of nitrogens with zero attached hydrogens (tertiary/aromatic N) is 2. The molecule has 3 N–H and O–H groups in total. The summed E-state index contributed by atoms with van der Waals surface area (Å²) >= 11 is 0. The first kappa shape index (κ1) is 20.0. The molecule has 0 bridgehead atoms. The fraction of sp³-hybridized carbons (Fsp3) is 0.579. The number of fused-ring (bicyclic) bond motifs is 1. The molecule has 0 spiro atoms. The van der Waals surface area contributed by atoms with Gasteiger partial charge in [0.1, 0.15) is 5.82 Å². The van der Waals surface area contributed by atoms with E-state index in [4.69, 9.17) is 4.99 Å². The average molecular weight is 455 g/mol. The van der Waals surface area contributed by atoms with Crippen LogP contribution < -0.4 is 10.6 Å². The topological polar surface area (TPSA) is 65.1 Å². The molecular weight excluding hydrogens is 425 g/mol. The maximum absolute atomic E-state index is 4.73. The van der Waals surface area contributed by atoms with E-state index in [1.54, 1.807) is 0 Å². The summed E-state index contributed by atoms with van der Waals surface area (Å²) in [5.41, 5.74) is 2.12. The summed E-state index contributed by atoms with van der Waals surface area (Å²) in [5.74, 6) is 2.81. The summed E-state index contributed by atoms with van der Waals surface area (Å²) in [6.07, 6.45) is 5.95. The molecule has 1 fully saturated rings. The first-order chi connectivity index (χ1) is 11.7. The molecule has 6 heteroatoms. The summed E-state index contributed by atoms with van der Waals surface area (Å²) in [6.45, 7) is 6.08. The molecule has 1 aliphatic carbocycles. The second-order valence-electron chi connectivity index (χ2n) is 6.81. The molecule has 25 heavy (non-hydrogen) atoms. The number of nitrogens with one attached hydrogen (secondary N) is 3. The average Bonchev–Trinajstić information content (AvgIpc) is 3.00. The van der Waals surface area contributed by atoms with E-state index < -0.39 is 0 Å². The van der Waals surface area contributed by atoms with Crippen molar-refractivity contribution >= 4 is 41.0 Å². The second kappa shape index (κ2) is 9.99. The van der Waals surface area contributed by atoms with E-state index in [1.165, 1.54) is 25.7 Å². The molecule has 1 saturated carbocycles. The van der Waals surface area contributed by atoms with Gasteiger partial charge in [-0.3, -0.25) is 4.99 Å². The largest absolute Gasteiger partial charge is 0.357 e. The van der Waals surface area contributed by atoms with Gasteiger partial charge in [0.2, 0.25) is 0 Å². The number of rotatable bonds is 5. The van der Waals surface area contributed by atoms with Crippen LogP contribution in [0, 0.1) is 5.92 Å². The van der Waals surface area contributed by atoms with Gasteiger partial charge in [-0.1, -0.05) is 19.1 Å². The Morgan fingerprint density at radius 2 is 2.00 bits per heavy atom. The number of aromatic amines is 1. The van der Waals surface area contributed by atoms with Crippen molar-refractivity contribution in [2.45, 2.75) is 52.0 Å². The highest BCUT2D eigenvalue weighted by Crippen LogP contribution is 2.23. The summed E-state index contributed by atoms with van der Waals surface area (Å²) in [4.78, 5) is 12.7. The van der Waals surface area contributed by atoms with Crippen LogP contribution in [0.15, 0.2) is 29.3 Å². The lowest BCUT2D eigenvalue weighted by atomic mass is 9.87. The van der Waals surface area contributed by atoms with Crippen molar-refractivity contribution in [3.63, 3.8) is 0 Å². The van der Waals surface area contributed by atoms with Crippen LogP contribution in [0.25, 0.3) is 11.0 Å². The Kier molecular flexibility index (Phi) is 7.99. The van der Waals surface area contributed by atoms with Gasteiger partial charge in [-0.05, 0) is 50.7 Å². The number of halogens is 1. The fourth-order valence-corrected chi connectivity index (χ4v) is 3.32. The molecular formula is C19H30IN5. The van der Waals surface area contributed by atoms with Crippen molar-refractivity contribution < 1.29 is 0 Å². The molecule has 0 radical (unpaired) electrons. The van der Waals surface area contributed by atoms with Crippen LogP contribution in [0.4, 0.5) is 0 Å².